The van der Waals surface area contributed by atoms with E-state index in [1.807, 2.05) is 44.2 Å². The number of benzene rings is 1. The Kier molecular flexibility index (Phi) is 7.35. The van der Waals surface area contributed by atoms with Crippen molar-refractivity contribution >= 4 is 12.2 Å². The Labute approximate surface area is 136 Å². The van der Waals surface area contributed by atoms with E-state index in [1.165, 1.54) is 0 Å². The minimum atomic E-state index is -1.46. The summed E-state index contributed by atoms with van der Waals surface area (Å²) < 4.78 is 0. The molecule has 0 aromatic heterocycles. The lowest BCUT2D eigenvalue weighted by Gasteiger charge is -2.30. The molecule has 1 unspecified atom stereocenters. The van der Waals surface area contributed by atoms with Crippen LogP contribution in [0.15, 0.2) is 30.3 Å². The van der Waals surface area contributed by atoms with Crippen molar-refractivity contribution in [3.8, 4) is 0 Å². The van der Waals surface area contributed by atoms with Gasteiger partial charge in [-0.3, -0.25) is 4.79 Å². The molecule has 1 aromatic carbocycles. The third-order valence-corrected chi connectivity index (χ3v) is 3.64. The van der Waals surface area contributed by atoms with Crippen molar-refractivity contribution in [2.45, 2.75) is 44.4 Å². The molecule has 0 radical (unpaired) electrons. The molecule has 6 nitrogen and oxygen atoms in total. The molecule has 6 heteroatoms. The maximum absolute atomic E-state index is 12.2. The number of aliphatic hydroxyl groups is 2. The Morgan fingerprint density at radius 1 is 1.35 bits per heavy atom. The number of rotatable bonds is 9. The number of hydrogen-bond donors (Lipinski definition) is 4. The molecule has 0 spiro atoms. The van der Waals surface area contributed by atoms with Gasteiger partial charge in [-0.1, -0.05) is 44.2 Å². The number of amides is 1. The van der Waals surface area contributed by atoms with E-state index < -0.39 is 30.2 Å². The summed E-state index contributed by atoms with van der Waals surface area (Å²) in [4.78, 5) is 23.5. The topological polar surface area (TPSA) is 113 Å². The molecule has 0 saturated heterocycles. The summed E-state index contributed by atoms with van der Waals surface area (Å²) in [5, 5.41) is 22.0. The molecule has 0 bridgehead atoms. The van der Waals surface area contributed by atoms with Crippen LogP contribution in [0, 0.1) is 5.92 Å². The average Bonchev–Trinajstić information content (AvgIpc) is 2.53. The summed E-state index contributed by atoms with van der Waals surface area (Å²) in [5.41, 5.74) is 5.40. The molecule has 1 aromatic rings. The first-order valence-electron chi connectivity index (χ1n) is 7.70. The fourth-order valence-electron chi connectivity index (χ4n) is 2.51. The largest absolute Gasteiger partial charge is 0.393 e. The van der Waals surface area contributed by atoms with Crippen molar-refractivity contribution < 1.29 is 19.8 Å². The number of hydrogen-bond acceptors (Lipinski definition) is 5. The van der Waals surface area contributed by atoms with E-state index in [9.17, 15) is 19.8 Å². The van der Waals surface area contributed by atoms with Gasteiger partial charge in [-0.05, 0) is 24.3 Å². The highest BCUT2D eigenvalue weighted by atomic mass is 16.3. The molecule has 0 aliphatic rings. The smallest absolute Gasteiger partial charge is 0.251 e. The van der Waals surface area contributed by atoms with Gasteiger partial charge in [0.05, 0.1) is 6.61 Å². The quantitative estimate of drug-likeness (QED) is 0.478. The second kappa shape index (κ2) is 8.76. The van der Waals surface area contributed by atoms with E-state index in [-0.39, 0.29) is 12.3 Å². The molecule has 3 atom stereocenters. The zero-order valence-corrected chi connectivity index (χ0v) is 13.6. The lowest BCUT2D eigenvalue weighted by atomic mass is 9.90. The molecule has 1 rings (SSSR count). The molecule has 0 fully saturated rings. The van der Waals surface area contributed by atoms with E-state index in [2.05, 4.69) is 5.32 Å². The van der Waals surface area contributed by atoms with Crippen LogP contribution in [-0.4, -0.2) is 46.7 Å². The maximum Gasteiger partial charge on any atom is 0.251 e. The predicted octanol–water partition coefficient (Wildman–Crippen LogP) is 0.00960. The standard InChI is InChI=1S/C17H26N2O4/c1-12(2)9-17(10-20,11-21)19-16(23)15(22)14(18)8-13-6-4-3-5-7-13/h3-7,10,12,14-15,21-22H,8-9,11,18H2,1-2H3,(H,19,23)/t14?,15-,17-/m0/s1. The van der Waals surface area contributed by atoms with E-state index in [4.69, 9.17) is 5.73 Å². The van der Waals surface area contributed by atoms with E-state index in [1.54, 1.807) is 0 Å². The Bertz CT molecular complexity index is 507. The highest BCUT2D eigenvalue weighted by Gasteiger charge is 2.35. The van der Waals surface area contributed by atoms with Crippen molar-refractivity contribution in [1.29, 1.82) is 0 Å². The van der Waals surface area contributed by atoms with Crippen molar-refractivity contribution in [3.05, 3.63) is 35.9 Å². The highest BCUT2D eigenvalue weighted by molar-refractivity contribution is 5.85. The molecule has 23 heavy (non-hydrogen) atoms. The van der Waals surface area contributed by atoms with Gasteiger partial charge in [0.1, 0.15) is 17.9 Å². The van der Waals surface area contributed by atoms with Gasteiger partial charge in [-0.2, -0.15) is 0 Å². The van der Waals surface area contributed by atoms with Gasteiger partial charge >= 0.3 is 0 Å². The van der Waals surface area contributed by atoms with E-state index in [0.717, 1.165) is 5.56 Å². The monoisotopic (exact) mass is 322 g/mol. The second-order valence-corrected chi connectivity index (χ2v) is 6.32. The number of carbonyl (C=O) groups excluding carboxylic acids is 2. The van der Waals surface area contributed by atoms with Crippen molar-refractivity contribution in [1.82, 2.24) is 5.32 Å². The van der Waals surface area contributed by atoms with Gasteiger partial charge in [-0.15, -0.1) is 0 Å². The van der Waals surface area contributed by atoms with Crippen LogP contribution in [0.1, 0.15) is 25.8 Å². The van der Waals surface area contributed by atoms with Crippen LogP contribution in [0.5, 0.6) is 0 Å². The molecular formula is C17H26N2O4. The number of nitrogens with one attached hydrogen (secondary N) is 1. The fraction of sp³-hybridized carbons (Fsp3) is 0.529. The Morgan fingerprint density at radius 2 is 1.96 bits per heavy atom. The molecule has 128 valence electrons. The van der Waals surface area contributed by atoms with E-state index in [0.29, 0.717) is 12.7 Å². The van der Waals surface area contributed by atoms with Gasteiger partial charge < -0.3 is 26.1 Å². The van der Waals surface area contributed by atoms with Gasteiger partial charge in [0.2, 0.25) is 0 Å². The van der Waals surface area contributed by atoms with Crippen LogP contribution in [0.3, 0.4) is 0 Å². The summed E-state index contributed by atoms with van der Waals surface area (Å²) in [5.74, 6) is -0.669. The molecule has 0 aliphatic carbocycles. The molecule has 0 heterocycles. The first-order valence-corrected chi connectivity index (χ1v) is 7.70. The Balaban J connectivity index is 2.72. The summed E-state index contributed by atoms with van der Waals surface area (Å²) in [7, 11) is 0. The van der Waals surface area contributed by atoms with E-state index >= 15 is 0 Å². The van der Waals surface area contributed by atoms with Crippen LogP contribution in [0.25, 0.3) is 0 Å². The minimum absolute atomic E-state index is 0.0859. The minimum Gasteiger partial charge on any atom is -0.393 e. The van der Waals surface area contributed by atoms with Crippen molar-refractivity contribution in [2.24, 2.45) is 11.7 Å². The third-order valence-electron chi connectivity index (χ3n) is 3.64. The molecule has 1 amide bonds. The molecular weight excluding hydrogens is 296 g/mol. The summed E-state index contributed by atoms with van der Waals surface area (Å²) >= 11 is 0. The summed E-state index contributed by atoms with van der Waals surface area (Å²) in [6, 6.07) is 8.46. The van der Waals surface area contributed by atoms with Gasteiger partial charge in [0.25, 0.3) is 5.91 Å². The zero-order chi connectivity index (χ0) is 17.5. The van der Waals surface area contributed by atoms with Crippen LogP contribution in [-0.2, 0) is 16.0 Å². The van der Waals surface area contributed by atoms with Gasteiger partial charge in [-0.25, -0.2) is 0 Å². The highest BCUT2D eigenvalue weighted by Crippen LogP contribution is 2.15. The van der Waals surface area contributed by atoms with Crippen LogP contribution in [0.4, 0.5) is 0 Å². The summed E-state index contributed by atoms with van der Waals surface area (Å²) in [6.07, 6.45) is -0.347. The lowest BCUT2D eigenvalue weighted by molar-refractivity contribution is -0.136. The SMILES string of the molecule is CC(C)C[C@](C=O)(CO)NC(=O)[C@@H](O)C(N)Cc1ccccc1. The molecule has 0 aliphatic heterocycles. The third kappa shape index (κ3) is 5.74. The predicted molar refractivity (Wildman–Crippen MR) is 87.6 cm³/mol. The normalized spacial score (nSPS) is 16.4. The van der Waals surface area contributed by atoms with Crippen LogP contribution >= 0.6 is 0 Å². The average molecular weight is 322 g/mol. The number of nitrogens with two attached hydrogens (primary N) is 1. The second-order valence-electron chi connectivity index (χ2n) is 6.32. The fourth-order valence-corrected chi connectivity index (χ4v) is 2.51. The maximum atomic E-state index is 12.2. The number of aliphatic hydroxyl groups excluding tert-OH is 2. The van der Waals surface area contributed by atoms with Crippen molar-refractivity contribution in [2.75, 3.05) is 6.61 Å². The van der Waals surface area contributed by atoms with Crippen LogP contribution in [0.2, 0.25) is 0 Å². The first-order chi connectivity index (χ1) is 10.8. The lowest BCUT2D eigenvalue weighted by Crippen LogP contribution is -2.59. The van der Waals surface area contributed by atoms with Crippen LogP contribution < -0.4 is 11.1 Å². The van der Waals surface area contributed by atoms with Crippen molar-refractivity contribution in [3.63, 3.8) is 0 Å². The molecule has 0 saturated carbocycles. The number of aldehydes is 1. The van der Waals surface area contributed by atoms with Gasteiger partial charge in [0.15, 0.2) is 0 Å². The molecule has 5 N–H and O–H groups in total. The Hall–Kier alpha value is -1.76. The first kappa shape index (κ1) is 19.3. The van der Waals surface area contributed by atoms with Gasteiger partial charge in [0, 0.05) is 6.04 Å². The Morgan fingerprint density at radius 3 is 2.43 bits per heavy atom. The summed E-state index contributed by atoms with van der Waals surface area (Å²) in [6.45, 7) is 3.22. The number of carbonyl (C=O) groups is 2. The zero-order valence-electron chi connectivity index (χ0n) is 13.6.